The zero-order valence-corrected chi connectivity index (χ0v) is 21.2. The number of hydrogen-bond acceptors (Lipinski definition) is 4. The molecule has 6 nitrogen and oxygen atoms in total. The summed E-state index contributed by atoms with van der Waals surface area (Å²) in [5, 5.41) is 6.76. The molecule has 3 rings (SSSR count). The van der Waals surface area contributed by atoms with Gasteiger partial charge in [-0.2, -0.15) is 0 Å². The molecule has 1 aliphatic carbocycles. The lowest BCUT2D eigenvalue weighted by Gasteiger charge is -2.18. The van der Waals surface area contributed by atoms with Gasteiger partial charge in [-0.25, -0.2) is 13.1 Å². The van der Waals surface area contributed by atoms with E-state index in [0.29, 0.717) is 6.54 Å². The van der Waals surface area contributed by atoms with Crippen LogP contribution in [0.1, 0.15) is 24.0 Å². The minimum atomic E-state index is -3.28. The van der Waals surface area contributed by atoms with Crippen LogP contribution in [0.5, 0.6) is 0 Å². The number of aliphatic imine (C=N–C) groups is 1. The molecule has 0 amide bonds. The van der Waals surface area contributed by atoms with E-state index in [1.807, 2.05) is 42.1 Å². The largest absolute Gasteiger partial charge is 0.355 e. The fourth-order valence-corrected chi connectivity index (χ4v) is 4.97. The highest BCUT2D eigenvalue weighted by Crippen LogP contribution is 2.51. The first kappa shape index (κ1) is 25.0. The number of guanidine groups is 1. The maximum atomic E-state index is 11.8. The van der Waals surface area contributed by atoms with Crippen molar-refractivity contribution in [2.24, 2.45) is 4.99 Å². The maximum absolute atomic E-state index is 11.8. The van der Waals surface area contributed by atoms with Gasteiger partial charge in [-0.05, 0) is 43.1 Å². The summed E-state index contributed by atoms with van der Waals surface area (Å²) in [7, 11) is -0.0892. The summed E-state index contributed by atoms with van der Waals surface area (Å²) in [5.41, 5.74) is 1.77. The van der Waals surface area contributed by atoms with Crippen molar-refractivity contribution in [3.63, 3.8) is 0 Å². The predicted molar refractivity (Wildman–Crippen MR) is 136 cm³/mol. The summed E-state index contributed by atoms with van der Waals surface area (Å²) in [4.78, 5) is 5.61. The molecule has 0 unspecified atom stereocenters. The van der Waals surface area contributed by atoms with Gasteiger partial charge in [0, 0.05) is 29.8 Å². The van der Waals surface area contributed by atoms with E-state index in [0.717, 1.165) is 23.6 Å². The van der Waals surface area contributed by atoms with Gasteiger partial charge in [-0.15, -0.1) is 35.7 Å². The molecule has 1 aliphatic rings. The Labute approximate surface area is 200 Å². The van der Waals surface area contributed by atoms with Crippen LogP contribution < -0.4 is 15.4 Å². The van der Waals surface area contributed by atoms with Gasteiger partial charge in [-0.3, -0.25) is 4.99 Å². The van der Waals surface area contributed by atoms with E-state index in [1.165, 1.54) is 24.8 Å². The lowest BCUT2D eigenvalue weighted by atomic mass is 10.1. The number of nitrogens with one attached hydrogen (secondary N) is 3. The lowest BCUT2D eigenvalue weighted by Crippen LogP contribution is -2.40. The molecular formula is C21H29IN4O2S2. The summed E-state index contributed by atoms with van der Waals surface area (Å²) in [6.07, 6.45) is 2.39. The molecule has 164 valence electrons. The monoisotopic (exact) mass is 560 g/mol. The fourth-order valence-electron chi connectivity index (χ4n) is 2.97. The Balaban J connectivity index is 0.00000320. The van der Waals surface area contributed by atoms with Crippen molar-refractivity contribution in [1.82, 2.24) is 15.4 Å². The Morgan fingerprint density at radius 1 is 1.07 bits per heavy atom. The summed E-state index contributed by atoms with van der Waals surface area (Å²) < 4.78 is 26.1. The highest BCUT2D eigenvalue weighted by atomic mass is 127. The minimum Gasteiger partial charge on any atom is -0.355 e. The van der Waals surface area contributed by atoms with Crippen LogP contribution in [0.3, 0.4) is 0 Å². The fraction of sp³-hybridized carbons (Fsp3) is 0.381. The van der Waals surface area contributed by atoms with Crippen LogP contribution >= 0.6 is 35.7 Å². The molecule has 3 N–H and O–H groups in total. The Hall–Kier alpha value is -1.30. The average molecular weight is 561 g/mol. The quantitative estimate of drug-likeness (QED) is 0.249. The SMILES string of the molecule is CN=C(NCc1cccc(CS(=O)(=O)NC)c1)NCC1(Sc2ccccc2)CC1.I. The Morgan fingerprint density at radius 2 is 1.77 bits per heavy atom. The third-order valence-electron chi connectivity index (χ3n) is 4.81. The molecule has 2 aromatic rings. The number of rotatable bonds is 9. The van der Waals surface area contributed by atoms with Gasteiger partial charge in [0.2, 0.25) is 10.0 Å². The van der Waals surface area contributed by atoms with Gasteiger partial charge in [0.15, 0.2) is 5.96 Å². The zero-order chi connectivity index (χ0) is 20.7. The summed E-state index contributed by atoms with van der Waals surface area (Å²) in [6, 6.07) is 18.1. The second-order valence-electron chi connectivity index (χ2n) is 7.16. The average Bonchev–Trinajstić information content (AvgIpc) is 3.48. The molecule has 0 bridgehead atoms. The van der Waals surface area contributed by atoms with E-state index in [-0.39, 0.29) is 34.5 Å². The second-order valence-corrected chi connectivity index (χ2v) is 10.6. The van der Waals surface area contributed by atoms with Crippen molar-refractivity contribution in [2.45, 2.75) is 34.8 Å². The molecule has 2 aromatic carbocycles. The topological polar surface area (TPSA) is 82.6 Å². The molecule has 30 heavy (non-hydrogen) atoms. The number of thioether (sulfide) groups is 1. The zero-order valence-electron chi connectivity index (χ0n) is 17.2. The number of halogens is 1. The maximum Gasteiger partial charge on any atom is 0.215 e. The van der Waals surface area contributed by atoms with Crippen LogP contribution in [0.4, 0.5) is 0 Å². The van der Waals surface area contributed by atoms with E-state index in [4.69, 9.17) is 0 Å². The lowest BCUT2D eigenvalue weighted by molar-refractivity contribution is 0.587. The van der Waals surface area contributed by atoms with Gasteiger partial charge in [0.25, 0.3) is 0 Å². The summed E-state index contributed by atoms with van der Waals surface area (Å²) in [6.45, 7) is 1.43. The van der Waals surface area contributed by atoms with Gasteiger partial charge < -0.3 is 10.6 Å². The summed E-state index contributed by atoms with van der Waals surface area (Å²) >= 11 is 1.93. The van der Waals surface area contributed by atoms with Crippen LogP contribution in [0.15, 0.2) is 64.5 Å². The van der Waals surface area contributed by atoms with Crippen molar-refractivity contribution in [1.29, 1.82) is 0 Å². The van der Waals surface area contributed by atoms with Gasteiger partial charge in [0.05, 0.1) is 5.75 Å². The molecule has 1 fully saturated rings. The predicted octanol–water partition coefficient (Wildman–Crippen LogP) is 3.34. The number of hydrogen-bond donors (Lipinski definition) is 3. The molecule has 1 saturated carbocycles. The van der Waals surface area contributed by atoms with Gasteiger partial charge >= 0.3 is 0 Å². The summed E-state index contributed by atoms with van der Waals surface area (Å²) in [5.74, 6) is 0.724. The Morgan fingerprint density at radius 3 is 2.40 bits per heavy atom. The third-order valence-corrected chi connectivity index (χ3v) is 7.63. The molecule has 0 atom stereocenters. The van der Waals surface area contributed by atoms with Crippen LogP contribution in [-0.4, -0.2) is 39.8 Å². The van der Waals surface area contributed by atoms with Crippen LogP contribution in [0.2, 0.25) is 0 Å². The third kappa shape index (κ3) is 7.75. The van der Waals surface area contributed by atoms with E-state index in [9.17, 15) is 8.42 Å². The highest BCUT2D eigenvalue weighted by Gasteiger charge is 2.43. The van der Waals surface area contributed by atoms with Crippen molar-refractivity contribution in [3.05, 3.63) is 65.7 Å². The second kappa shape index (κ2) is 11.4. The first-order valence-corrected chi connectivity index (χ1v) is 12.1. The molecule has 0 heterocycles. The van der Waals surface area contributed by atoms with Crippen molar-refractivity contribution < 1.29 is 8.42 Å². The first-order valence-electron chi connectivity index (χ1n) is 9.61. The van der Waals surface area contributed by atoms with Crippen molar-refractivity contribution in [2.75, 3.05) is 20.6 Å². The van der Waals surface area contributed by atoms with E-state index in [2.05, 4.69) is 44.6 Å². The molecule has 0 radical (unpaired) electrons. The number of nitrogens with zero attached hydrogens (tertiary/aromatic N) is 1. The molecular weight excluding hydrogens is 531 g/mol. The molecule has 0 spiro atoms. The first-order chi connectivity index (χ1) is 13.9. The van der Waals surface area contributed by atoms with E-state index >= 15 is 0 Å². The van der Waals surface area contributed by atoms with Crippen molar-refractivity contribution in [3.8, 4) is 0 Å². The highest BCUT2D eigenvalue weighted by molar-refractivity contribution is 14.0. The van der Waals surface area contributed by atoms with Gasteiger partial charge in [0.1, 0.15) is 0 Å². The molecule has 0 aromatic heterocycles. The Kier molecular flexibility index (Phi) is 9.45. The van der Waals surface area contributed by atoms with Crippen LogP contribution in [-0.2, 0) is 22.3 Å². The number of sulfonamides is 1. The smallest absolute Gasteiger partial charge is 0.215 e. The van der Waals surface area contributed by atoms with Crippen molar-refractivity contribution >= 4 is 51.7 Å². The van der Waals surface area contributed by atoms with E-state index in [1.54, 1.807) is 7.05 Å². The number of benzene rings is 2. The van der Waals surface area contributed by atoms with E-state index < -0.39 is 10.0 Å². The Bertz CT molecular complexity index is 948. The van der Waals surface area contributed by atoms with Gasteiger partial charge in [-0.1, -0.05) is 42.5 Å². The minimum absolute atomic E-state index is 0. The molecule has 9 heteroatoms. The van der Waals surface area contributed by atoms with Crippen LogP contribution in [0, 0.1) is 0 Å². The molecule has 0 aliphatic heterocycles. The van der Waals surface area contributed by atoms with Crippen LogP contribution in [0.25, 0.3) is 0 Å². The normalized spacial score (nSPS) is 15.2. The molecule has 0 saturated heterocycles. The standard InChI is InChI=1S/C21H28N4O2S2.HI/c1-22-20(25-16-21(11-12-21)28-19-9-4-3-5-10-19)24-14-17-7-6-8-18(13-17)15-29(26,27)23-2;/h3-10,13,23H,11-12,14-16H2,1-2H3,(H2,22,24,25);1H.